The molecule has 150 valence electrons. The van der Waals surface area contributed by atoms with Gasteiger partial charge in [-0.2, -0.15) is 13.2 Å². The fraction of sp³-hybridized carbons (Fsp3) is 0.158. The van der Waals surface area contributed by atoms with Gasteiger partial charge in [-0.25, -0.2) is 0 Å². The Labute approximate surface area is 164 Å². The first-order valence-corrected chi connectivity index (χ1v) is 9.07. The van der Waals surface area contributed by atoms with Gasteiger partial charge in [0.25, 0.3) is 5.56 Å². The van der Waals surface area contributed by atoms with Crippen molar-refractivity contribution in [3.63, 3.8) is 0 Å². The molecule has 0 saturated heterocycles. The lowest BCUT2D eigenvalue weighted by molar-refractivity contribution is -0.141. The summed E-state index contributed by atoms with van der Waals surface area (Å²) in [6.07, 6.45) is -4.75. The summed E-state index contributed by atoms with van der Waals surface area (Å²) >= 11 is 1.15. The van der Waals surface area contributed by atoms with E-state index in [-0.39, 0.29) is 10.9 Å². The Morgan fingerprint density at radius 1 is 1.00 bits per heavy atom. The van der Waals surface area contributed by atoms with E-state index >= 15 is 0 Å². The number of H-pyrrole nitrogens is 2. The molecule has 6 nitrogen and oxygen atoms in total. The third kappa shape index (κ3) is 3.15. The van der Waals surface area contributed by atoms with Crippen LogP contribution < -0.4 is 20.5 Å². The molecule has 0 amide bonds. The number of aromatic amines is 2. The van der Waals surface area contributed by atoms with Crippen LogP contribution in [-0.2, 0) is 6.18 Å². The predicted molar refractivity (Wildman–Crippen MR) is 104 cm³/mol. The van der Waals surface area contributed by atoms with Gasteiger partial charge in [0, 0.05) is 21.9 Å². The molecule has 0 radical (unpaired) electrons. The molecule has 3 aromatic heterocycles. The molecule has 29 heavy (non-hydrogen) atoms. The van der Waals surface area contributed by atoms with Gasteiger partial charge in [0.2, 0.25) is 0 Å². The van der Waals surface area contributed by atoms with Gasteiger partial charge in [0.1, 0.15) is 27.4 Å². The lowest BCUT2D eigenvalue weighted by Crippen LogP contribution is -2.20. The number of alkyl halides is 3. The van der Waals surface area contributed by atoms with Crippen molar-refractivity contribution in [3.8, 4) is 21.9 Å². The highest BCUT2D eigenvalue weighted by molar-refractivity contribution is 7.22. The van der Waals surface area contributed by atoms with Crippen LogP contribution >= 0.6 is 11.3 Å². The largest absolute Gasteiger partial charge is 0.497 e. The molecular formula is C19H13F3N2O4S. The minimum atomic E-state index is -4.75. The van der Waals surface area contributed by atoms with Crippen molar-refractivity contribution < 1.29 is 22.6 Å². The van der Waals surface area contributed by atoms with Gasteiger partial charge in [-0.3, -0.25) is 9.59 Å². The Morgan fingerprint density at radius 3 is 2.41 bits per heavy atom. The highest BCUT2D eigenvalue weighted by Crippen LogP contribution is 2.40. The van der Waals surface area contributed by atoms with Gasteiger partial charge < -0.3 is 19.4 Å². The van der Waals surface area contributed by atoms with Crippen LogP contribution in [0, 0.1) is 0 Å². The number of thiophene rings is 1. The van der Waals surface area contributed by atoms with Crippen molar-refractivity contribution in [1.82, 2.24) is 9.97 Å². The molecule has 0 spiro atoms. The Balaban J connectivity index is 2.07. The van der Waals surface area contributed by atoms with Crippen LogP contribution in [0.4, 0.5) is 13.2 Å². The van der Waals surface area contributed by atoms with Gasteiger partial charge in [0.15, 0.2) is 5.43 Å². The highest BCUT2D eigenvalue weighted by Gasteiger charge is 2.33. The summed E-state index contributed by atoms with van der Waals surface area (Å²) in [5, 5.41) is -0.0554. The Kier molecular flexibility index (Phi) is 4.38. The zero-order valence-electron chi connectivity index (χ0n) is 15.1. The molecule has 0 aliphatic rings. The maximum absolute atomic E-state index is 13.2. The van der Waals surface area contributed by atoms with Crippen LogP contribution in [0.5, 0.6) is 11.5 Å². The lowest BCUT2D eigenvalue weighted by atomic mass is 10.1. The van der Waals surface area contributed by atoms with Crippen LogP contribution in [0.25, 0.3) is 31.6 Å². The molecule has 0 fully saturated rings. The van der Waals surface area contributed by atoms with E-state index in [0.717, 1.165) is 11.3 Å². The second-order valence-corrected chi connectivity index (χ2v) is 7.22. The Bertz CT molecular complexity index is 1370. The lowest BCUT2D eigenvalue weighted by Gasteiger charge is -2.08. The van der Waals surface area contributed by atoms with Crippen molar-refractivity contribution in [2.45, 2.75) is 6.18 Å². The topological polar surface area (TPSA) is 84.2 Å². The van der Waals surface area contributed by atoms with E-state index in [9.17, 15) is 22.8 Å². The van der Waals surface area contributed by atoms with Gasteiger partial charge in [-0.1, -0.05) is 0 Å². The highest BCUT2D eigenvalue weighted by atomic mass is 32.1. The van der Waals surface area contributed by atoms with Crippen LogP contribution in [-0.4, -0.2) is 24.2 Å². The zero-order chi connectivity index (χ0) is 20.9. The summed E-state index contributed by atoms with van der Waals surface area (Å²) in [6, 6.07) is 7.12. The Hall–Kier alpha value is -3.27. The fourth-order valence-electron chi connectivity index (χ4n) is 3.11. The predicted octanol–water partition coefficient (Wildman–Crippen LogP) is 4.13. The smallest absolute Gasteiger partial charge is 0.431 e. The van der Waals surface area contributed by atoms with E-state index < -0.39 is 22.9 Å². The molecule has 4 rings (SSSR count). The molecule has 2 N–H and O–H groups in total. The molecule has 10 heteroatoms. The van der Waals surface area contributed by atoms with E-state index in [2.05, 4.69) is 9.97 Å². The molecule has 0 bridgehead atoms. The number of hydrogen-bond acceptors (Lipinski definition) is 5. The van der Waals surface area contributed by atoms with Crippen molar-refractivity contribution in [1.29, 1.82) is 0 Å². The second kappa shape index (κ2) is 6.66. The third-order valence-electron chi connectivity index (χ3n) is 4.46. The molecule has 0 saturated carbocycles. The first-order chi connectivity index (χ1) is 13.7. The molecule has 0 atom stereocenters. The van der Waals surface area contributed by atoms with Gasteiger partial charge in [-0.15, -0.1) is 11.3 Å². The number of rotatable bonds is 3. The number of methoxy groups -OCH3 is 2. The average Bonchev–Trinajstić information content (AvgIpc) is 3.10. The van der Waals surface area contributed by atoms with E-state index in [1.54, 1.807) is 24.3 Å². The fourth-order valence-corrected chi connectivity index (χ4v) is 4.20. The SMILES string of the molecule is COc1ccc(OC)c(-c2cc3c([nH]c(=O)c4c(=O)cc(C(F)(F)F)[nH]c43)s2)c1. The maximum atomic E-state index is 13.2. The molecular weight excluding hydrogens is 409 g/mol. The van der Waals surface area contributed by atoms with E-state index in [1.165, 1.54) is 14.2 Å². The first kappa shape index (κ1) is 19.1. The molecule has 4 aromatic rings. The van der Waals surface area contributed by atoms with Crippen LogP contribution in [0.15, 0.2) is 39.9 Å². The molecule has 0 unspecified atom stereocenters. The van der Waals surface area contributed by atoms with Gasteiger partial charge in [-0.05, 0) is 24.3 Å². The normalized spacial score (nSPS) is 11.9. The second-order valence-electron chi connectivity index (χ2n) is 6.17. The van der Waals surface area contributed by atoms with Crippen LogP contribution in [0.3, 0.4) is 0 Å². The van der Waals surface area contributed by atoms with E-state index in [0.29, 0.717) is 38.2 Å². The number of ether oxygens (including phenoxy) is 2. The number of halogens is 3. The minimum absolute atomic E-state index is 0.159. The molecule has 0 aliphatic heterocycles. The summed E-state index contributed by atoms with van der Waals surface area (Å²) in [5.41, 5.74) is -2.49. The first-order valence-electron chi connectivity index (χ1n) is 8.25. The zero-order valence-corrected chi connectivity index (χ0v) is 15.9. The number of fused-ring (bicyclic) bond motifs is 3. The number of pyridine rings is 2. The molecule has 0 aliphatic carbocycles. The van der Waals surface area contributed by atoms with Crippen molar-refractivity contribution in [2.75, 3.05) is 14.2 Å². The standard InChI is InChI=1S/C19H13F3N2O4S/c1-27-8-3-4-12(28-2)9(5-8)13-6-10-16-15(17(26)24-18(10)29-13)11(25)7-14(23-16)19(20,21)22/h3-7H,1-2H3,(H,23,25)(H,24,26). The molecule has 1 aromatic carbocycles. The summed E-state index contributed by atoms with van der Waals surface area (Å²) in [7, 11) is 2.99. The van der Waals surface area contributed by atoms with Crippen molar-refractivity contribution in [2.24, 2.45) is 0 Å². The summed E-state index contributed by atoms with van der Waals surface area (Å²) < 4.78 is 50.1. The van der Waals surface area contributed by atoms with Crippen LogP contribution in [0.2, 0.25) is 0 Å². The minimum Gasteiger partial charge on any atom is -0.497 e. The summed E-state index contributed by atoms with van der Waals surface area (Å²) in [6.45, 7) is 0. The number of aromatic nitrogens is 2. The number of benzene rings is 1. The van der Waals surface area contributed by atoms with Gasteiger partial charge >= 0.3 is 6.18 Å². The third-order valence-corrected chi connectivity index (χ3v) is 5.55. The van der Waals surface area contributed by atoms with E-state index in [4.69, 9.17) is 9.47 Å². The summed E-state index contributed by atoms with van der Waals surface area (Å²) in [5.74, 6) is 1.08. The molecule has 3 heterocycles. The van der Waals surface area contributed by atoms with Crippen LogP contribution in [0.1, 0.15) is 5.69 Å². The monoisotopic (exact) mass is 422 g/mol. The number of hydrogen-bond donors (Lipinski definition) is 2. The Morgan fingerprint density at radius 2 is 1.76 bits per heavy atom. The summed E-state index contributed by atoms with van der Waals surface area (Å²) in [4.78, 5) is 30.3. The average molecular weight is 422 g/mol. The van der Waals surface area contributed by atoms with Crippen molar-refractivity contribution >= 4 is 32.5 Å². The maximum Gasteiger partial charge on any atom is 0.431 e. The van der Waals surface area contributed by atoms with Gasteiger partial charge in [0.05, 0.1) is 19.7 Å². The number of nitrogens with one attached hydrogen (secondary N) is 2. The van der Waals surface area contributed by atoms with Crippen molar-refractivity contribution in [3.05, 3.63) is 56.6 Å². The van der Waals surface area contributed by atoms with E-state index in [1.807, 2.05) is 0 Å². The quantitative estimate of drug-likeness (QED) is 0.520.